The molecule has 0 radical (unpaired) electrons. The predicted octanol–water partition coefficient (Wildman–Crippen LogP) is 2.81. The molecule has 4 aliphatic heterocycles. The summed E-state index contributed by atoms with van der Waals surface area (Å²) in [5.74, 6) is 1.10. The molecule has 7 rings (SSSR count). The Labute approximate surface area is 234 Å². The monoisotopic (exact) mass is 540 g/mol. The van der Waals surface area contributed by atoms with Gasteiger partial charge in [0.15, 0.2) is 11.9 Å². The standard InChI is InChI=1S/C31H36N6O3/c1-34-20-27(16-32-34)25-6-4-23(5-7-25)24-8-10-26(11-9-24)28-33-31(12-15-40-21-31)29(38)37(28)19-22-17-36(18-22)30(39)35-13-2-3-14-35/h4-11,16,20,22,30,39H,2-3,12-15,17-19,21H2,1H3. The number of hydrogen-bond acceptors (Lipinski definition) is 7. The minimum absolute atomic E-state index is 0.0496. The summed E-state index contributed by atoms with van der Waals surface area (Å²) < 4.78 is 7.46. The van der Waals surface area contributed by atoms with E-state index in [1.807, 2.05) is 29.0 Å². The zero-order chi connectivity index (χ0) is 27.3. The number of amides is 1. The number of likely N-dealkylation sites (tertiary alicyclic amines) is 2. The normalized spacial score (nSPS) is 24.7. The lowest BCUT2D eigenvalue weighted by molar-refractivity contribution is -0.150. The Morgan fingerprint density at radius 1 is 0.950 bits per heavy atom. The minimum Gasteiger partial charge on any atom is -0.378 e. The first kappa shape index (κ1) is 25.6. The van der Waals surface area contributed by atoms with Crippen molar-refractivity contribution in [1.82, 2.24) is 24.5 Å². The molecule has 2 unspecified atom stereocenters. The molecule has 5 heterocycles. The van der Waals surface area contributed by atoms with E-state index in [9.17, 15) is 9.90 Å². The quantitative estimate of drug-likeness (QED) is 0.496. The third kappa shape index (κ3) is 4.56. The Kier molecular flexibility index (Phi) is 6.54. The molecule has 3 saturated heterocycles. The fourth-order valence-corrected chi connectivity index (χ4v) is 6.47. The summed E-state index contributed by atoms with van der Waals surface area (Å²) in [6.07, 6.45) is 6.29. The van der Waals surface area contributed by atoms with Gasteiger partial charge in [0.2, 0.25) is 0 Å². The highest BCUT2D eigenvalue weighted by Gasteiger charge is 2.52. The molecule has 1 amide bonds. The molecule has 40 heavy (non-hydrogen) atoms. The Morgan fingerprint density at radius 3 is 2.15 bits per heavy atom. The molecule has 208 valence electrons. The number of hydrogen-bond donors (Lipinski definition) is 1. The number of aliphatic hydroxyl groups is 1. The minimum atomic E-state index is -0.797. The van der Waals surface area contributed by atoms with Gasteiger partial charge in [-0.2, -0.15) is 5.10 Å². The number of amidine groups is 1. The van der Waals surface area contributed by atoms with E-state index in [1.165, 1.54) is 0 Å². The van der Waals surface area contributed by atoms with E-state index in [0.29, 0.717) is 32.1 Å². The number of carbonyl (C=O) groups is 1. The molecule has 0 bridgehead atoms. The van der Waals surface area contributed by atoms with Gasteiger partial charge in [-0.3, -0.25) is 24.2 Å². The molecule has 9 heteroatoms. The summed E-state index contributed by atoms with van der Waals surface area (Å²) in [5.41, 5.74) is 4.62. The summed E-state index contributed by atoms with van der Waals surface area (Å²) in [7, 11) is 1.92. The fraction of sp³-hybridized carbons (Fsp3) is 0.452. The Balaban J connectivity index is 1.07. The van der Waals surface area contributed by atoms with Crippen LogP contribution in [0.3, 0.4) is 0 Å². The van der Waals surface area contributed by atoms with Gasteiger partial charge in [0.05, 0.1) is 12.8 Å². The van der Waals surface area contributed by atoms with Crippen LogP contribution in [0.5, 0.6) is 0 Å². The van der Waals surface area contributed by atoms with Gasteiger partial charge < -0.3 is 9.84 Å². The van der Waals surface area contributed by atoms with Crippen LogP contribution in [0.2, 0.25) is 0 Å². The maximum Gasteiger partial charge on any atom is 0.258 e. The topological polar surface area (TPSA) is 86.4 Å². The van der Waals surface area contributed by atoms with Gasteiger partial charge in [-0.1, -0.05) is 48.5 Å². The van der Waals surface area contributed by atoms with Gasteiger partial charge in [-0.05, 0) is 29.5 Å². The number of carbonyl (C=O) groups excluding carboxylic acids is 1. The van der Waals surface area contributed by atoms with Crippen LogP contribution in [-0.2, 0) is 16.6 Å². The van der Waals surface area contributed by atoms with E-state index in [1.54, 1.807) is 0 Å². The number of aliphatic imine (C=N–C) groups is 1. The average Bonchev–Trinajstić information content (AvgIpc) is 3.77. The van der Waals surface area contributed by atoms with Crippen molar-refractivity contribution in [1.29, 1.82) is 0 Å². The zero-order valence-corrected chi connectivity index (χ0v) is 22.9. The van der Waals surface area contributed by atoms with Crippen molar-refractivity contribution >= 4 is 11.7 Å². The van der Waals surface area contributed by atoms with Crippen LogP contribution in [0.15, 0.2) is 65.9 Å². The van der Waals surface area contributed by atoms with Crippen molar-refractivity contribution in [2.45, 2.75) is 31.2 Å². The molecule has 0 saturated carbocycles. The lowest BCUT2D eigenvalue weighted by atomic mass is 9.96. The van der Waals surface area contributed by atoms with Gasteiger partial charge in [-0.15, -0.1) is 0 Å². The van der Waals surface area contributed by atoms with Crippen molar-refractivity contribution in [3.63, 3.8) is 0 Å². The maximum atomic E-state index is 13.7. The maximum absolute atomic E-state index is 13.7. The van der Waals surface area contributed by atoms with E-state index < -0.39 is 11.9 Å². The van der Waals surface area contributed by atoms with Crippen LogP contribution >= 0.6 is 0 Å². The Morgan fingerprint density at radius 2 is 1.57 bits per heavy atom. The second kappa shape index (κ2) is 10.2. The molecular weight excluding hydrogens is 504 g/mol. The van der Waals surface area contributed by atoms with Crippen LogP contribution in [0.4, 0.5) is 0 Å². The summed E-state index contributed by atoms with van der Waals surface area (Å²) in [5, 5.41) is 15.0. The first-order chi connectivity index (χ1) is 19.5. The van der Waals surface area contributed by atoms with Gasteiger partial charge in [0, 0.05) is 76.0 Å². The zero-order valence-electron chi connectivity index (χ0n) is 22.9. The summed E-state index contributed by atoms with van der Waals surface area (Å²) >= 11 is 0. The lowest BCUT2D eigenvalue weighted by Crippen LogP contribution is -2.60. The highest BCUT2D eigenvalue weighted by molar-refractivity contribution is 6.15. The second-order valence-corrected chi connectivity index (χ2v) is 11.7. The number of ether oxygens (including phenoxy) is 1. The average molecular weight is 541 g/mol. The molecule has 3 fully saturated rings. The first-order valence-electron chi connectivity index (χ1n) is 14.3. The van der Waals surface area contributed by atoms with E-state index in [0.717, 1.165) is 72.7 Å². The van der Waals surface area contributed by atoms with Crippen LogP contribution in [0.1, 0.15) is 24.8 Å². The van der Waals surface area contributed by atoms with E-state index in [2.05, 4.69) is 63.4 Å². The number of aromatic nitrogens is 2. The van der Waals surface area contributed by atoms with Crippen LogP contribution < -0.4 is 0 Å². The Hall–Kier alpha value is -3.37. The van der Waals surface area contributed by atoms with Crippen LogP contribution in [-0.4, -0.2) is 99.2 Å². The number of aliphatic hydroxyl groups excluding tert-OH is 1. The van der Waals surface area contributed by atoms with Crippen molar-refractivity contribution in [2.24, 2.45) is 18.0 Å². The van der Waals surface area contributed by atoms with Crippen molar-refractivity contribution in [3.05, 3.63) is 66.5 Å². The summed E-state index contributed by atoms with van der Waals surface area (Å²) in [6.45, 7) is 4.99. The molecule has 4 aliphatic rings. The molecule has 9 nitrogen and oxygen atoms in total. The molecule has 1 aromatic heterocycles. The smallest absolute Gasteiger partial charge is 0.258 e. The summed E-state index contributed by atoms with van der Waals surface area (Å²) in [6, 6.07) is 16.8. The number of benzene rings is 2. The van der Waals surface area contributed by atoms with Crippen molar-refractivity contribution in [3.8, 4) is 22.3 Å². The van der Waals surface area contributed by atoms with E-state index in [4.69, 9.17) is 9.73 Å². The highest BCUT2D eigenvalue weighted by Crippen LogP contribution is 2.35. The van der Waals surface area contributed by atoms with Gasteiger partial charge in [0.1, 0.15) is 5.84 Å². The largest absolute Gasteiger partial charge is 0.378 e. The molecule has 2 aromatic carbocycles. The molecular formula is C31H36N6O3. The second-order valence-electron chi connectivity index (χ2n) is 11.7. The summed E-state index contributed by atoms with van der Waals surface area (Å²) in [4.78, 5) is 24.9. The molecule has 2 atom stereocenters. The van der Waals surface area contributed by atoms with Gasteiger partial charge >= 0.3 is 0 Å². The highest BCUT2D eigenvalue weighted by atomic mass is 16.5. The van der Waals surface area contributed by atoms with Gasteiger partial charge in [0.25, 0.3) is 5.91 Å². The van der Waals surface area contributed by atoms with Crippen LogP contribution in [0.25, 0.3) is 22.3 Å². The third-order valence-electron chi connectivity index (χ3n) is 8.84. The molecule has 3 aromatic rings. The fourth-order valence-electron chi connectivity index (χ4n) is 6.47. The van der Waals surface area contributed by atoms with Gasteiger partial charge in [-0.25, -0.2) is 4.99 Å². The molecule has 0 aliphatic carbocycles. The first-order valence-corrected chi connectivity index (χ1v) is 14.3. The lowest BCUT2D eigenvalue weighted by Gasteiger charge is -2.45. The Bertz CT molecular complexity index is 1400. The molecule has 1 N–H and O–H groups in total. The van der Waals surface area contributed by atoms with Crippen molar-refractivity contribution in [2.75, 3.05) is 45.9 Å². The van der Waals surface area contributed by atoms with Crippen molar-refractivity contribution < 1.29 is 14.6 Å². The van der Waals surface area contributed by atoms with E-state index in [-0.39, 0.29) is 5.91 Å². The molecule has 1 spiro atoms. The third-order valence-corrected chi connectivity index (χ3v) is 8.84. The number of aryl methyl sites for hydroxylation is 1. The van der Waals surface area contributed by atoms with E-state index >= 15 is 0 Å². The SMILES string of the molecule is Cn1cc(-c2ccc(-c3ccc(C4=NC5(CCOC5)C(=O)N4CC4CN(C(O)N5CCCC5)C4)cc3)cc2)cn1. The number of nitrogens with zero attached hydrogens (tertiary/aromatic N) is 6. The number of rotatable bonds is 7. The van der Waals surface area contributed by atoms with Crippen LogP contribution in [0, 0.1) is 5.92 Å². The predicted molar refractivity (Wildman–Crippen MR) is 152 cm³/mol.